The second-order valence-electron chi connectivity index (χ2n) is 6.21. The summed E-state index contributed by atoms with van der Waals surface area (Å²) < 4.78 is 0. The van der Waals surface area contributed by atoms with Gasteiger partial charge in [-0.3, -0.25) is 9.88 Å². The van der Waals surface area contributed by atoms with E-state index >= 15 is 0 Å². The quantitative estimate of drug-likeness (QED) is 0.911. The van der Waals surface area contributed by atoms with Crippen LogP contribution in [0.25, 0.3) is 0 Å². The SMILES string of the molecule is CN(C)c1ccnc(NC2CCCN(Cc3cccnc3)C2)n1. The standard InChI is InChI=1S/C17H24N6/c1-22(2)16-7-9-19-17(21-16)20-15-6-4-10-23(13-15)12-14-5-3-8-18-11-14/h3,5,7-9,11,15H,4,6,10,12-13H2,1-2H3,(H,19,20,21). The Morgan fingerprint density at radius 2 is 2.22 bits per heavy atom. The molecule has 122 valence electrons. The Morgan fingerprint density at radius 1 is 1.30 bits per heavy atom. The summed E-state index contributed by atoms with van der Waals surface area (Å²) in [4.78, 5) is 17.5. The zero-order chi connectivity index (χ0) is 16.1. The lowest BCUT2D eigenvalue weighted by Crippen LogP contribution is -2.41. The lowest BCUT2D eigenvalue weighted by Gasteiger charge is -2.33. The molecule has 3 rings (SSSR count). The Balaban J connectivity index is 1.59. The Hall–Kier alpha value is -2.21. The number of hydrogen-bond acceptors (Lipinski definition) is 6. The maximum atomic E-state index is 4.55. The highest BCUT2D eigenvalue weighted by atomic mass is 15.2. The van der Waals surface area contributed by atoms with E-state index in [1.54, 1.807) is 6.20 Å². The highest BCUT2D eigenvalue weighted by Gasteiger charge is 2.20. The average molecular weight is 312 g/mol. The van der Waals surface area contributed by atoms with Crippen LogP contribution in [0.3, 0.4) is 0 Å². The van der Waals surface area contributed by atoms with Gasteiger partial charge in [-0.2, -0.15) is 4.98 Å². The largest absolute Gasteiger partial charge is 0.363 e. The molecular weight excluding hydrogens is 288 g/mol. The van der Waals surface area contributed by atoms with Crippen LogP contribution in [0.1, 0.15) is 18.4 Å². The van der Waals surface area contributed by atoms with E-state index in [2.05, 4.69) is 31.2 Å². The molecule has 1 N–H and O–H groups in total. The molecule has 6 nitrogen and oxygen atoms in total. The first kappa shape index (κ1) is 15.7. The molecule has 0 spiro atoms. The van der Waals surface area contributed by atoms with Crippen molar-refractivity contribution in [3.63, 3.8) is 0 Å². The lowest BCUT2D eigenvalue weighted by atomic mass is 10.1. The van der Waals surface area contributed by atoms with Gasteiger partial charge >= 0.3 is 0 Å². The van der Waals surface area contributed by atoms with E-state index in [1.165, 1.54) is 12.0 Å². The van der Waals surface area contributed by atoms with Gasteiger partial charge in [0, 0.05) is 51.8 Å². The smallest absolute Gasteiger partial charge is 0.224 e. The molecular formula is C17H24N6. The van der Waals surface area contributed by atoms with Gasteiger partial charge in [-0.15, -0.1) is 0 Å². The number of hydrogen-bond donors (Lipinski definition) is 1. The molecule has 1 atom stereocenters. The van der Waals surface area contributed by atoms with Crippen molar-refractivity contribution in [3.05, 3.63) is 42.4 Å². The molecule has 0 saturated carbocycles. The molecule has 0 radical (unpaired) electrons. The summed E-state index contributed by atoms with van der Waals surface area (Å²) in [5, 5.41) is 3.49. The summed E-state index contributed by atoms with van der Waals surface area (Å²) >= 11 is 0. The van der Waals surface area contributed by atoms with Gasteiger partial charge in [0.15, 0.2) is 0 Å². The van der Waals surface area contributed by atoms with Crippen molar-refractivity contribution < 1.29 is 0 Å². The third-order valence-corrected chi connectivity index (χ3v) is 4.07. The maximum Gasteiger partial charge on any atom is 0.224 e. The Bertz CT molecular complexity index is 615. The summed E-state index contributed by atoms with van der Waals surface area (Å²) in [6, 6.07) is 6.43. The monoisotopic (exact) mass is 312 g/mol. The summed E-state index contributed by atoms with van der Waals surface area (Å²) in [7, 11) is 3.98. The van der Waals surface area contributed by atoms with Gasteiger partial charge in [-0.1, -0.05) is 6.07 Å². The molecule has 6 heteroatoms. The zero-order valence-electron chi connectivity index (χ0n) is 13.8. The highest BCUT2D eigenvalue weighted by Crippen LogP contribution is 2.17. The Kier molecular flexibility index (Phi) is 5.02. The van der Waals surface area contributed by atoms with Crippen molar-refractivity contribution >= 4 is 11.8 Å². The molecule has 1 aliphatic rings. The number of piperidine rings is 1. The summed E-state index contributed by atoms with van der Waals surface area (Å²) in [6.07, 6.45) is 7.91. The lowest BCUT2D eigenvalue weighted by molar-refractivity contribution is 0.208. The molecule has 1 fully saturated rings. The number of likely N-dealkylation sites (tertiary alicyclic amines) is 1. The summed E-state index contributed by atoms with van der Waals surface area (Å²) in [5.74, 6) is 1.63. The zero-order valence-corrected chi connectivity index (χ0v) is 13.8. The number of nitrogens with one attached hydrogen (secondary N) is 1. The van der Waals surface area contributed by atoms with Crippen LogP contribution in [-0.2, 0) is 6.54 Å². The fourth-order valence-corrected chi connectivity index (χ4v) is 2.92. The Labute approximate surface area is 137 Å². The second kappa shape index (κ2) is 7.37. The molecule has 1 unspecified atom stereocenters. The minimum absolute atomic E-state index is 0.387. The van der Waals surface area contributed by atoms with E-state index in [9.17, 15) is 0 Å². The molecule has 0 bridgehead atoms. The molecule has 0 aromatic carbocycles. The number of rotatable bonds is 5. The van der Waals surface area contributed by atoms with E-state index < -0.39 is 0 Å². The van der Waals surface area contributed by atoms with Crippen LogP contribution in [0.15, 0.2) is 36.8 Å². The summed E-state index contributed by atoms with van der Waals surface area (Å²) in [6.45, 7) is 3.08. The second-order valence-corrected chi connectivity index (χ2v) is 6.21. The van der Waals surface area contributed by atoms with Gasteiger partial charge in [0.05, 0.1) is 0 Å². The predicted molar refractivity (Wildman–Crippen MR) is 92.5 cm³/mol. The third-order valence-electron chi connectivity index (χ3n) is 4.07. The minimum atomic E-state index is 0.387. The van der Waals surface area contributed by atoms with Gasteiger partial charge in [0.2, 0.25) is 5.95 Å². The van der Waals surface area contributed by atoms with Crippen LogP contribution in [0.5, 0.6) is 0 Å². The van der Waals surface area contributed by atoms with Crippen LogP contribution in [0.4, 0.5) is 11.8 Å². The number of anilines is 2. The normalized spacial score (nSPS) is 18.6. The number of nitrogens with zero attached hydrogens (tertiary/aromatic N) is 5. The van der Waals surface area contributed by atoms with Crippen molar-refractivity contribution in [1.29, 1.82) is 0 Å². The number of pyridine rings is 1. The molecule has 0 aliphatic carbocycles. The van der Waals surface area contributed by atoms with E-state index in [1.807, 2.05) is 43.5 Å². The first-order valence-electron chi connectivity index (χ1n) is 8.09. The minimum Gasteiger partial charge on any atom is -0.363 e. The molecule has 2 aromatic rings. The molecule has 0 amide bonds. The molecule has 1 aliphatic heterocycles. The molecule has 23 heavy (non-hydrogen) atoms. The van der Waals surface area contributed by atoms with E-state index in [0.29, 0.717) is 12.0 Å². The highest BCUT2D eigenvalue weighted by molar-refractivity contribution is 5.41. The summed E-state index contributed by atoms with van der Waals surface area (Å²) in [5.41, 5.74) is 1.26. The number of aromatic nitrogens is 3. The van der Waals surface area contributed by atoms with Crippen LogP contribution in [0.2, 0.25) is 0 Å². The van der Waals surface area contributed by atoms with Crippen LogP contribution < -0.4 is 10.2 Å². The van der Waals surface area contributed by atoms with Crippen molar-refractivity contribution in [2.24, 2.45) is 0 Å². The predicted octanol–water partition coefficient (Wildman–Crippen LogP) is 2.01. The fraction of sp³-hybridized carbons (Fsp3) is 0.471. The van der Waals surface area contributed by atoms with Gasteiger partial charge < -0.3 is 10.2 Å². The molecule has 2 aromatic heterocycles. The van der Waals surface area contributed by atoms with E-state index in [0.717, 1.165) is 31.9 Å². The topological polar surface area (TPSA) is 57.2 Å². The molecule has 1 saturated heterocycles. The van der Waals surface area contributed by atoms with E-state index in [-0.39, 0.29) is 0 Å². The average Bonchev–Trinajstić information content (AvgIpc) is 2.56. The fourth-order valence-electron chi connectivity index (χ4n) is 2.92. The van der Waals surface area contributed by atoms with Crippen LogP contribution in [0, 0.1) is 0 Å². The van der Waals surface area contributed by atoms with Crippen molar-refractivity contribution in [1.82, 2.24) is 19.9 Å². The van der Waals surface area contributed by atoms with E-state index in [4.69, 9.17) is 0 Å². The van der Waals surface area contributed by atoms with Crippen LogP contribution >= 0.6 is 0 Å². The van der Waals surface area contributed by atoms with Gasteiger partial charge in [-0.25, -0.2) is 4.98 Å². The van der Waals surface area contributed by atoms with Crippen molar-refractivity contribution in [2.75, 3.05) is 37.4 Å². The van der Waals surface area contributed by atoms with Gasteiger partial charge in [-0.05, 0) is 37.1 Å². The first-order chi connectivity index (χ1) is 11.2. The first-order valence-corrected chi connectivity index (χ1v) is 8.09. The van der Waals surface area contributed by atoms with Gasteiger partial charge in [0.1, 0.15) is 5.82 Å². The Morgan fingerprint density at radius 3 is 3.00 bits per heavy atom. The maximum absolute atomic E-state index is 4.55. The third kappa shape index (κ3) is 4.39. The molecule has 3 heterocycles. The van der Waals surface area contributed by atoms with Crippen molar-refractivity contribution in [2.45, 2.75) is 25.4 Å². The van der Waals surface area contributed by atoms with Crippen LogP contribution in [-0.4, -0.2) is 53.1 Å². The van der Waals surface area contributed by atoms with Crippen molar-refractivity contribution in [3.8, 4) is 0 Å². The van der Waals surface area contributed by atoms with Gasteiger partial charge in [0.25, 0.3) is 0 Å².